The molecular weight excluding hydrogens is 166 g/mol. The van der Waals surface area contributed by atoms with Crippen molar-refractivity contribution < 1.29 is 8.78 Å². The first kappa shape index (κ1) is 9.05. The molecule has 0 bridgehead atoms. The van der Waals surface area contributed by atoms with Gasteiger partial charge in [0.2, 0.25) is 0 Å². The van der Waals surface area contributed by atoms with Crippen molar-refractivity contribution in [2.45, 2.75) is 12.5 Å². The lowest BCUT2D eigenvalue weighted by Gasteiger charge is -2.10. The minimum Gasteiger partial charge on any atom is -0.307 e. The van der Waals surface area contributed by atoms with Gasteiger partial charge in [-0.1, -0.05) is 0 Å². The van der Waals surface area contributed by atoms with E-state index in [4.69, 9.17) is 0 Å². The minimum atomic E-state index is -2.47. The van der Waals surface area contributed by atoms with Crippen molar-refractivity contribution in [2.75, 3.05) is 7.05 Å². The quantitative estimate of drug-likeness (QED) is 0.722. The topological polar surface area (TPSA) is 42.7 Å². The summed E-state index contributed by atoms with van der Waals surface area (Å²) in [7, 11) is 3.05. The van der Waals surface area contributed by atoms with Gasteiger partial charge in [-0.05, 0) is 7.05 Å². The molecule has 1 N–H and O–H groups in total. The molecule has 1 atom stereocenters. The van der Waals surface area contributed by atoms with Gasteiger partial charge >= 0.3 is 0 Å². The van der Waals surface area contributed by atoms with Crippen LogP contribution in [0.5, 0.6) is 0 Å². The molecule has 1 rings (SSSR count). The second kappa shape index (κ2) is 3.57. The Kier molecular flexibility index (Phi) is 2.69. The molecule has 0 aliphatic rings. The smallest absolute Gasteiger partial charge is 0.259 e. The third-order valence-electron chi connectivity index (χ3n) is 1.50. The highest BCUT2D eigenvalue weighted by Gasteiger charge is 2.22. The van der Waals surface area contributed by atoms with E-state index in [9.17, 15) is 8.78 Å². The molecular formula is C6H10F2N4. The Balaban J connectivity index is 2.80. The molecule has 0 saturated heterocycles. The number of nitrogens with one attached hydrogen (secondary N) is 1. The van der Waals surface area contributed by atoms with Gasteiger partial charge in [0.05, 0.1) is 6.20 Å². The zero-order valence-electron chi connectivity index (χ0n) is 6.83. The number of aromatic nitrogens is 3. The van der Waals surface area contributed by atoms with E-state index in [1.807, 2.05) is 0 Å². The number of hydrogen-bond acceptors (Lipinski definition) is 3. The maximum Gasteiger partial charge on any atom is 0.259 e. The lowest BCUT2D eigenvalue weighted by atomic mass is 10.2. The summed E-state index contributed by atoms with van der Waals surface area (Å²) in [6.45, 7) is 0. The first-order chi connectivity index (χ1) is 5.65. The van der Waals surface area contributed by atoms with E-state index in [0.29, 0.717) is 0 Å². The normalized spacial score (nSPS) is 13.8. The van der Waals surface area contributed by atoms with Crippen molar-refractivity contribution >= 4 is 0 Å². The molecule has 1 aromatic heterocycles. The Labute approximate surface area is 68.6 Å². The molecule has 0 aliphatic carbocycles. The lowest BCUT2D eigenvalue weighted by molar-refractivity contribution is 0.100. The van der Waals surface area contributed by atoms with Gasteiger partial charge in [-0.2, -0.15) is 15.0 Å². The van der Waals surface area contributed by atoms with Crippen LogP contribution in [-0.2, 0) is 7.05 Å². The average molecular weight is 176 g/mol. The van der Waals surface area contributed by atoms with Gasteiger partial charge in [0.15, 0.2) is 0 Å². The number of aryl methyl sites for hydroxylation is 1. The Hall–Kier alpha value is -1.04. The highest BCUT2D eigenvalue weighted by molar-refractivity contribution is 5.00. The van der Waals surface area contributed by atoms with E-state index >= 15 is 0 Å². The average Bonchev–Trinajstić information content (AvgIpc) is 2.37. The van der Waals surface area contributed by atoms with Gasteiger partial charge in [-0.15, -0.1) is 0 Å². The van der Waals surface area contributed by atoms with Crippen molar-refractivity contribution in [1.29, 1.82) is 0 Å². The summed E-state index contributed by atoms with van der Waals surface area (Å²) in [5.41, 5.74) is 0.259. The van der Waals surface area contributed by atoms with Crippen molar-refractivity contribution in [3.05, 3.63) is 11.9 Å². The SMILES string of the molecule is CNC(c1cnn(C)n1)C(F)F. The van der Waals surface area contributed by atoms with Crippen molar-refractivity contribution in [1.82, 2.24) is 20.3 Å². The van der Waals surface area contributed by atoms with Crippen LogP contribution in [-0.4, -0.2) is 28.5 Å². The standard InChI is InChI=1S/C6H10F2N4/c1-9-5(6(7)8)4-3-10-12(2)11-4/h3,5-6,9H,1-2H3. The summed E-state index contributed by atoms with van der Waals surface area (Å²) in [6.07, 6.45) is -1.14. The van der Waals surface area contributed by atoms with Crippen LogP contribution in [0.2, 0.25) is 0 Å². The Bertz CT molecular complexity index is 247. The van der Waals surface area contributed by atoms with Gasteiger partial charge in [-0.3, -0.25) is 0 Å². The Morgan fingerprint density at radius 3 is 2.58 bits per heavy atom. The van der Waals surface area contributed by atoms with E-state index in [2.05, 4.69) is 15.5 Å². The number of alkyl halides is 2. The molecule has 0 saturated carbocycles. The highest BCUT2D eigenvalue weighted by Crippen LogP contribution is 2.16. The Morgan fingerprint density at radius 1 is 1.58 bits per heavy atom. The number of halogens is 2. The predicted octanol–water partition coefficient (Wildman–Crippen LogP) is 0.341. The summed E-state index contributed by atoms with van der Waals surface area (Å²) in [6, 6.07) is -1.03. The number of rotatable bonds is 3. The molecule has 0 fully saturated rings. The summed E-state index contributed by atoms with van der Waals surface area (Å²) in [5, 5.41) is 9.93. The van der Waals surface area contributed by atoms with Crippen LogP contribution in [0.3, 0.4) is 0 Å². The fraction of sp³-hybridized carbons (Fsp3) is 0.667. The van der Waals surface area contributed by atoms with E-state index in [-0.39, 0.29) is 5.69 Å². The molecule has 1 unspecified atom stereocenters. The molecule has 1 aromatic rings. The molecule has 0 amide bonds. The third kappa shape index (κ3) is 1.76. The number of hydrogen-bond donors (Lipinski definition) is 1. The molecule has 6 heteroatoms. The van der Waals surface area contributed by atoms with Crippen LogP contribution in [0.1, 0.15) is 11.7 Å². The highest BCUT2D eigenvalue weighted by atomic mass is 19.3. The maximum atomic E-state index is 12.3. The molecule has 1 heterocycles. The minimum absolute atomic E-state index is 0.259. The third-order valence-corrected chi connectivity index (χ3v) is 1.50. The van der Waals surface area contributed by atoms with E-state index < -0.39 is 12.5 Å². The number of nitrogens with zero attached hydrogens (tertiary/aromatic N) is 3. The fourth-order valence-electron chi connectivity index (χ4n) is 0.907. The van der Waals surface area contributed by atoms with Crippen LogP contribution < -0.4 is 5.32 Å². The second-order valence-electron chi connectivity index (χ2n) is 2.36. The van der Waals surface area contributed by atoms with Gasteiger partial charge < -0.3 is 5.32 Å². The van der Waals surface area contributed by atoms with E-state index in [0.717, 1.165) is 0 Å². The summed E-state index contributed by atoms with van der Waals surface area (Å²) < 4.78 is 24.5. The maximum absolute atomic E-state index is 12.3. The van der Waals surface area contributed by atoms with Gasteiger partial charge in [0.25, 0.3) is 6.43 Å². The van der Waals surface area contributed by atoms with Crippen LogP contribution >= 0.6 is 0 Å². The van der Waals surface area contributed by atoms with Crippen LogP contribution in [0.4, 0.5) is 8.78 Å². The Morgan fingerprint density at radius 2 is 2.25 bits per heavy atom. The van der Waals surface area contributed by atoms with Crippen LogP contribution in [0, 0.1) is 0 Å². The monoisotopic (exact) mass is 176 g/mol. The molecule has 4 nitrogen and oxygen atoms in total. The molecule has 0 spiro atoms. The van der Waals surface area contributed by atoms with Crippen LogP contribution in [0.15, 0.2) is 6.20 Å². The molecule has 0 aliphatic heterocycles. The molecule has 0 aromatic carbocycles. The van der Waals surface area contributed by atoms with Crippen molar-refractivity contribution in [3.63, 3.8) is 0 Å². The second-order valence-corrected chi connectivity index (χ2v) is 2.36. The van der Waals surface area contributed by atoms with Crippen LogP contribution in [0.25, 0.3) is 0 Å². The summed E-state index contributed by atoms with van der Waals surface area (Å²) in [4.78, 5) is 1.25. The zero-order chi connectivity index (χ0) is 9.14. The lowest BCUT2D eigenvalue weighted by Crippen LogP contribution is -2.24. The van der Waals surface area contributed by atoms with Crippen molar-refractivity contribution in [2.24, 2.45) is 7.05 Å². The van der Waals surface area contributed by atoms with Crippen molar-refractivity contribution in [3.8, 4) is 0 Å². The first-order valence-corrected chi connectivity index (χ1v) is 3.46. The predicted molar refractivity (Wildman–Crippen MR) is 38.8 cm³/mol. The zero-order valence-corrected chi connectivity index (χ0v) is 6.83. The van der Waals surface area contributed by atoms with Gasteiger partial charge in [-0.25, -0.2) is 8.78 Å². The van der Waals surface area contributed by atoms with Gasteiger partial charge in [0.1, 0.15) is 11.7 Å². The van der Waals surface area contributed by atoms with E-state index in [1.54, 1.807) is 7.05 Å². The largest absolute Gasteiger partial charge is 0.307 e. The van der Waals surface area contributed by atoms with Gasteiger partial charge in [0, 0.05) is 7.05 Å². The molecule has 0 radical (unpaired) electrons. The molecule has 12 heavy (non-hydrogen) atoms. The summed E-state index contributed by atoms with van der Waals surface area (Å²) in [5.74, 6) is 0. The first-order valence-electron chi connectivity index (χ1n) is 3.46. The fourth-order valence-corrected chi connectivity index (χ4v) is 0.907. The van der Waals surface area contributed by atoms with E-state index in [1.165, 1.54) is 18.0 Å². The molecule has 68 valence electrons. The summed E-state index contributed by atoms with van der Waals surface area (Å²) >= 11 is 0.